The number of nitro benzene ring substituents is 1. The van der Waals surface area contributed by atoms with E-state index in [1.54, 1.807) is 26.4 Å². The number of fused-ring (bicyclic) bond motifs is 1. The van der Waals surface area contributed by atoms with Crippen molar-refractivity contribution in [2.24, 2.45) is 0 Å². The monoisotopic (exact) mass is 631 g/mol. The SMILES string of the molecule is COc1ccc(CN(Cc2ccc3c(c2)OCO3)Cc2nc(C(=O)N3CCN(c4ccc([N+](=O)[O-])cc4)CC3)cs2)c(OC)c1. The second-order valence-electron chi connectivity index (χ2n) is 10.7. The van der Waals surface area contributed by atoms with E-state index >= 15 is 0 Å². The van der Waals surface area contributed by atoms with Gasteiger partial charge in [0.15, 0.2) is 11.5 Å². The van der Waals surface area contributed by atoms with Gasteiger partial charge in [0.05, 0.1) is 25.7 Å². The molecule has 1 fully saturated rings. The molecule has 0 bridgehead atoms. The summed E-state index contributed by atoms with van der Waals surface area (Å²) >= 11 is 1.47. The van der Waals surface area contributed by atoms with Crippen molar-refractivity contribution in [3.8, 4) is 23.0 Å². The maximum Gasteiger partial charge on any atom is 0.273 e. The van der Waals surface area contributed by atoms with Gasteiger partial charge in [-0.05, 0) is 35.9 Å². The summed E-state index contributed by atoms with van der Waals surface area (Å²) in [6.07, 6.45) is 0. The molecule has 0 N–H and O–H groups in total. The van der Waals surface area contributed by atoms with Gasteiger partial charge in [-0.2, -0.15) is 0 Å². The van der Waals surface area contributed by atoms with Crippen molar-refractivity contribution >= 4 is 28.6 Å². The molecule has 0 spiro atoms. The Hall–Kier alpha value is -4.88. The molecule has 1 saturated heterocycles. The number of piperazine rings is 1. The first-order valence-electron chi connectivity index (χ1n) is 14.4. The molecule has 3 aromatic carbocycles. The zero-order chi connectivity index (χ0) is 31.3. The number of non-ortho nitro benzene ring substituents is 1. The van der Waals surface area contributed by atoms with Crippen molar-refractivity contribution in [1.29, 1.82) is 0 Å². The number of ether oxygens (including phenoxy) is 4. The minimum Gasteiger partial charge on any atom is -0.497 e. The number of carbonyl (C=O) groups excluding carboxylic acids is 1. The second-order valence-corrected chi connectivity index (χ2v) is 11.6. The fraction of sp³-hybridized carbons (Fsp3) is 0.312. The third kappa shape index (κ3) is 6.94. The van der Waals surface area contributed by atoms with E-state index in [0.717, 1.165) is 44.8 Å². The highest BCUT2D eigenvalue weighted by Crippen LogP contribution is 2.34. The van der Waals surface area contributed by atoms with Crippen LogP contribution in [0.15, 0.2) is 66.0 Å². The number of thiazole rings is 1. The summed E-state index contributed by atoms with van der Waals surface area (Å²) in [6, 6.07) is 18.2. The molecule has 4 aromatic rings. The summed E-state index contributed by atoms with van der Waals surface area (Å²) < 4.78 is 22.1. The first kappa shape index (κ1) is 30.2. The van der Waals surface area contributed by atoms with Gasteiger partial charge in [-0.15, -0.1) is 11.3 Å². The van der Waals surface area contributed by atoms with Gasteiger partial charge in [0.2, 0.25) is 6.79 Å². The Morgan fingerprint density at radius 3 is 2.47 bits per heavy atom. The van der Waals surface area contributed by atoms with E-state index in [1.807, 2.05) is 46.7 Å². The lowest BCUT2D eigenvalue weighted by atomic mass is 10.1. The summed E-state index contributed by atoms with van der Waals surface area (Å²) in [5.74, 6) is 2.81. The van der Waals surface area contributed by atoms with E-state index in [4.69, 9.17) is 23.9 Å². The molecule has 1 aromatic heterocycles. The lowest BCUT2D eigenvalue weighted by Crippen LogP contribution is -2.48. The van der Waals surface area contributed by atoms with Crippen LogP contribution in [0.3, 0.4) is 0 Å². The van der Waals surface area contributed by atoms with E-state index in [0.29, 0.717) is 51.5 Å². The van der Waals surface area contributed by atoms with Crippen molar-refractivity contribution < 1.29 is 28.7 Å². The number of anilines is 1. The Morgan fingerprint density at radius 2 is 1.73 bits per heavy atom. The van der Waals surface area contributed by atoms with E-state index < -0.39 is 4.92 Å². The van der Waals surface area contributed by atoms with Crippen LogP contribution in [0.4, 0.5) is 11.4 Å². The van der Waals surface area contributed by atoms with Gasteiger partial charge in [0.25, 0.3) is 11.6 Å². The van der Waals surface area contributed by atoms with Crippen molar-refractivity contribution in [3.63, 3.8) is 0 Å². The van der Waals surface area contributed by atoms with E-state index in [1.165, 1.54) is 23.5 Å². The highest BCUT2D eigenvalue weighted by molar-refractivity contribution is 7.09. The largest absolute Gasteiger partial charge is 0.497 e. The number of aromatic nitrogens is 1. The molecule has 2 aliphatic rings. The predicted molar refractivity (Wildman–Crippen MR) is 168 cm³/mol. The van der Waals surface area contributed by atoms with Crippen LogP contribution in [0, 0.1) is 10.1 Å². The fourth-order valence-electron chi connectivity index (χ4n) is 5.48. The second kappa shape index (κ2) is 13.4. The molecule has 1 amide bonds. The maximum atomic E-state index is 13.4. The molecule has 0 saturated carbocycles. The van der Waals surface area contributed by atoms with Crippen molar-refractivity contribution in [3.05, 3.63) is 98.0 Å². The molecule has 6 rings (SSSR count). The van der Waals surface area contributed by atoms with Gasteiger partial charge in [-0.25, -0.2) is 4.98 Å². The maximum absolute atomic E-state index is 13.4. The molecule has 13 heteroatoms. The van der Waals surface area contributed by atoms with Gasteiger partial charge in [0, 0.05) is 74.1 Å². The average Bonchev–Trinajstić information content (AvgIpc) is 3.74. The minimum atomic E-state index is -0.408. The summed E-state index contributed by atoms with van der Waals surface area (Å²) in [4.78, 5) is 34.9. The van der Waals surface area contributed by atoms with Crippen LogP contribution >= 0.6 is 11.3 Å². The summed E-state index contributed by atoms with van der Waals surface area (Å²) in [7, 11) is 3.27. The van der Waals surface area contributed by atoms with Crippen LogP contribution in [-0.4, -0.2) is 72.8 Å². The molecule has 12 nitrogen and oxygen atoms in total. The lowest BCUT2D eigenvalue weighted by molar-refractivity contribution is -0.384. The topological polar surface area (TPSA) is 120 Å². The number of hydrogen-bond acceptors (Lipinski definition) is 11. The van der Waals surface area contributed by atoms with Gasteiger partial charge in [-0.3, -0.25) is 19.8 Å². The third-order valence-electron chi connectivity index (χ3n) is 7.85. The molecule has 0 aliphatic carbocycles. The van der Waals surface area contributed by atoms with Gasteiger partial charge in [-0.1, -0.05) is 12.1 Å². The van der Waals surface area contributed by atoms with Crippen LogP contribution in [0.2, 0.25) is 0 Å². The predicted octanol–water partition coefficient (Wildman–Crippen LogP) is 4.96. The molecular weight excluding hydrogens is 598 g/mol. The van der Waals surface area contributed by atoms with E-state index in [9.17, 15) is 14.9 Å². The summed E-state index contributed by atoms with van der Waals surface area (Å²) in [5.41, 5.74) is 3.45. The number of rotatable bonds is 11. The van der Waals surface area contributed by atoms with Crippen molar-refractivity contribution in [2.75, 3.05) is 52.1 Å². The number of carbonyl (C=O) groups is 1. The van der Waals surface area contributed by atoms with E-state index in [2.05, 4.69) is 9.80 Å². The first-order valence-corrected chi connectivity index (χ1v) is 15.3. The van der Waals surface area contributed by atoms with Gasteiger partial charge in [0.1, 0.15) is 22.2 Å². The van der Waals surface area contributed by atoms with Gasteiger partial charge >= 0.3 is 0 Å². The summed E-state index contributed by atoms with van der Waals surface area (Å²) in [5, 5.41) is 13.6. The number of amides is 1. The molecule has 45 heavy (non-hydrogen) atoms. The molecule has 234 valence electrons. The van der Waals surface area contributed by atoms with Crippen LogP contribution in [-0.2, 0) is 19.6 Å². The molecule has 3 heterocycles. The quantitative estimate of drug-likeness (QED) is 0.166. The molecular formula is C32H33N5O7S. The van der Waals surface area contributed by atoms with Gasteiger partial charge < -0.3 is 28.7 Å². The Morgan fingerprint density at radius 1 is 0.956 bits per heavy atom. The van der Waals surface area contributed by atoms with Crippen molar-refractivity contribution in [1.82, 2.24) is 14.8 Å². The number of nitrogens with zero attached hydrogens (tertiary/aromatic N) is 5. The molecule has 2 aliphatic heterocycles. The number of nitro groups is 1. The van der Waals surface area contributed by atoms with Crippen molar-refractivity contribution in [2.45, 2.75) is 19.6 Å². The number of methoxy groups -OCH3 is 2. The van der Waals surface area contributed by atoms with Crippen LogP contribution in [0.25, 0.3) is 0 Å². The van der Waals surface area contributed by atoms with Crippen LogP contribution in [0.5, 0.6) is 23.0 Å². The molecule has 0 radical (unpaired) electrons. The average molecular weight is 632 g/mol. The third-order valence-corrected chi connectivity index (χ3v) is 8.69. The summed E-state index contributed by atoms with van der Waals surface area (Å²) in [6.45, 7) is 4.27. The Labute approximate surface area is 264 Å². The zero-order valence-corrected chi connectivity index (χ0v) is 25.8. The normalized spacial score (nSPS) is 14.1. The number of hydrogen-bond donors (Lipinski definition) is 0. The fourth-order valence-corrected chi connectivity index (χ4v) is 6.29. The Balaban J connectivity index is 1.13. The zero-order valence-electron chi connectivity index (χ0n) is 25.0. The lowest BCUT2D eigenvalue weighted by Gasteiger charge is -2.35. The van der Waals surface area contributed by atoms with E-state index in [-0.39, 0.29) is 18.4 Å². The Kier molecular flexibility index (Phi) is 8.98. The molecule has 0 unspecified atom stereocenters. The van der Waals surface area contributed by atoms with Crippen LogP contribution < -0.4 is 23.8 Å². The van der Waals surface area contributed by atoms with Crippen LogP contribution in [0.1, 0.15) is 26.6 Å². The molecule has 0 atom stereocenters. The Bertz CT molecular complexity index is 1670. The standard InChI is InChI=1S/C32H33N5O7S/c1-41-26-9-4-23(29(16-26)42-2)18-34(17-22-3-10-28-30(15-22)44-21-43-28)19-31-33-27(20-45-31)32(38)36-13-11-35(12-14-36)24-5-7-25(8-6-24)37(39)40/h3-10,15-16,20H,11-14,17-19,21H2,1-2H3. The smallest absolute Gasteiger partial charge is 0.273 e. The number of benzene rings is 3. The minimum absolute atomic E-state index is 0.0597. The highest BCUT2D eigenvalue weighted by atomic mass is 32.1. The highest BCUT2D eigenvalue weighted by Gasteiger charge is 2.25. The first-order chi connectivity index (χ1) is 21.9.